The minimum Gasteiger partial charge on any atom is -0.495 e. The van der Waals surface area contributed by atoms with Gasteiger partial charge >= 0.3 is 0 Å². The molecule has 0 bridgehead atoms. The van der Waals surface area contributed by atoms with E-state index >= 15 is 0 Å². The molecule has 0 saturated carbocycles. The fourth-order valence-corrected chi connectivity index (χ4v) is 2.90. The van der Waals surface area contributed by atoms with Crippen molar-refractivity contribution >= 4 is 29.3 Å². The molecule has 0 unspecified atom stereocenters. The minimum absolute atomic E-state index is 0.269. The van der Waals surface area contributed by atoms with Gasteiger partial charge in [-0.25, -0.2) is 0 Å². The van der Waals surface area contributed by atoms with E-state index in [0.717, 1.165) is 11.3 Å². The Morgan fingerprint density at radius 2 is 1.55 bits per heavy atom. The van der Waals surface area contributed by atoms with Crippen molar-refractivity contribution in [1.29, 1.82) is 0 Å². The Hall–Kier alpha value is -4.06. The summed E-state index contributed by atoms with van der Waals surface area (Å²) in [6.07, 6.45) is 3.15. The SMILES string of the molecule is CCOc1ccccc1/C=C/C(=O)Nc1ccc(C(=O)Nc2ccccc2OC)cc1. The molecule has 0 saturated heterocycles. The number of carbonyl (C=O) groups is 2. The minimum atomic E-state index is -0.280. The molecule has 6 nitrogen and oxygen atoms in total. The zero-order valence-electron chi connectivity index (χ0n) is 17.4. The van der Waals surface area contributed by atoms with E-state index in [9.17, 15) is 9.59 Å². The van der Waals surface area contributed by atoms with Crippen LogP contribution in [0.5, 0.6) is 11.5 Å². The number of benzene rings is 3. The average Bonchev–Trinajstić information content (AvgIpc) is 2.79. The molecule has 0 radical (unpaired) electrons. The average molecular weight is 416 g/mol. The van der Waals surface area contributed by atoms with Gasteiger partial charge in [0.15, 0.2) is 0 Å². The first kappa shape index (κ1) is 21.6. The number of para-hydroxylation sites is 3. The molecule has 158 valence electrons. The molecule has 2 amide bonds. The lowest BCUT2D eigenvalue weighted by molar-refractivity contribution is -0.111. The predicted molar refractivity (Wildman–Crippen MR) is 123 cm³/mol. The Morgan fingerprint density at radius 1 is 0.871 bits per heavy atom. The van der Waals surface area contributed by atoms with Crippen LogP contribution in [0.3, 0.4) is 0 Å². The first-order valence-electron chi connectivity index (χ1n) is 9.86. The second-order valence-corrected chi connectivity index (χ2v) is 6.53. The summed E-state index contributed by atoms with van der Waals surface area (Å²) < 4.78 is 10.8. The number of amides is 2. The number of hydrogen-bond acceptors (Lipinski definition) is 4. The number of methoxy groups -OCH3 is 1. The van der Waals surface area contributed by atoms with Gasteiger partial charge in [-0.3, -0.25) is 9.59 Å². The molecule has 0 atom stereocenters. The third kappa shape index (κ3) is 5.96. The van der Waals surface area contributed by atoms with Crippen molar-refractivity contribution < 1.29 is 19.1 Å². The van der Waals surface area contributed by atoms with Gasteiger partial charge in [0.2, 0.25) is 5.91 Å². The van der Waals surface area contributed by atoms with Gasteiger partial charge in [0, 0.05) is 22.9 Å². The van der Waals surface area contributed by atoms with Crippen LogP contribution in [0.25, 0.3) is 6.08 Å². The van der Waals surface area contributed by atoms with E-state index in [2.05, 4.69) is 10.6 Å². The summed E-state index contributed by atoms with van der Waals surface area (Å²) in [5, 5.41) is 5.60. The number of ether oxygens (including phenoxy) is 2. The maximum absolute atomic E-state index is 12.5. The van der Waals surface area contributed by atoms with Crippen LogP contribution in [0, 0.1) is 0 Å². The summed E-state index contributed by atoms with van der Waals surface area (Å²) in [6.45, 7) is 2.46. The molecule has 0 fully saturated rings. The summed E-state index contributed by atoms with van der Waals surface area (Å²) in [4.78, 5) is 24.7. The Balaban J connectivity index is 1.61. The predicted octanol–water partition coefficient (Wildman–Crippen LogP) is 5.00. The highest BCUT2D eigenvalue weighted by molar-refractivity contribution is 6.06. The second kappa shape index (κ2) is 10.6. The topological polar surface area (TPSA) is 76.7 Å². The fourth-order valence-electron chi connectivity index (χ4n) is 2.90. The molecule has 0 aliphatic carbocycles. The van der Waals surface area contributed by atoms with Crippen LogP contribution >= 0.6 is 0 Å². The third-order valence-electron chi connectivity index (χ3n) is 4.40. The van der Waals surface area contributed by atoms with E-state index in [-0.39, 0.29) is 11.8 Å². The van der Waals surface area contributed by atoms with Crippen molar-refractivity contribution in [3.8, 4) is 11.5 Å². The molecule has 0 aliphatic rings. The molecule has 0 aliphatic heterocycles. The molecule has 3 rings (SSSR count). The van der Waals surface area contributed by atoms with Gasteiger partial charge < -0.3 is 20.1 Å². The molecular formula is C25H24N2O4. The number of anilines is 2. The largest absolute Gasteiger partial charge is 0.495 e. The second-order valence-electron chi connectivity index (χ2n) is 6.53. The van der Waals surface area contributed by atoms with Crippen LogP contribution in [0.4, 0.5) is 11.4 Å². The van der Waals surface area contributed by atoms with E-state index in [1.807, 2.05) is 43.3 Å². The van der Waals surface area contributed by atoms with Crippen LogP contribution in [-0.2, 0) is 4.79 Å². The van der Waals surface area contributed by atoms with Gasteiger partial charge in [-0.1, -0.05) is 30.3 Å². The van der Waals surface area contributed by atoms with Crippen LogP contribution in [0.2, 0.25) is 0 Å². The highest BCUT2D eigenvalue weighted by Crippen LogP contribution is 2.24. The van der Waals surface area contributed by atoms with Crippen molar-refractivity contribution in [1.82, 2.24) is 0 Å². The van der Waals surface area contributed by atoms with E-state index in [0.29, 0.717) is 29.3 Å². The van der Waals surface area contributed by atoms with Gasteiger partial charge in [0.05, 0.1) is 19.4 Å². The molecule has 0 heterocycles. The van der Waals surface area contributed by atoms with E-state index in [1.54, 1.807) is 49.6 Å². The first-order chi connectivity index (χ1) is 15.1. The van der Waals surface area contributed by atoms with Crippen LogP contribution in [-0.4, -0.2) is 25.5 Å². The van der Waals surface area contributed by atoms with Gasteiger partial charge in [-0.05, 0) is 55.5 Å². The number of hydrogen-bond donors (Lipinski definition) is 2. The highest BCUT2D eigenvalue weighted by Gasteiger charge is 2.09. The van der Waals surface area contributed by atoms with E-state index < -0.39 is 0 Å². The summed E-state index contributed by atoms with van der Waals surface area (Å²) in [5.74, 6) is 0.754. The Bertz CT molecular complexity index is 1070. The van der Waals surface area contributed by atoms with Gasteiger partial charge in [0.1, 0.15) is 11.5 Å². The monoisotopic (exact) mass is 416 g/mol. The van der Waals surface area contributed by atoms with Crippen LogP contribution in [0.1, 0.15) is 22.8 Å². The normalized spacial score (nSPS) is 10.5. The summed E-state index contributed by atoms with van der Waals surface area (Å²) >= 11 is 0. The molecule has 2 N–H and O–H groups in total. The lowest BCUT2D eigenvalue weighted by Gasteiger charge is -2.10. The Morgan fingerprint density at radius 3 is 2.26 bits per heavy atom. The molecule has 0 aromatic heterocycles. The van der Waals surface area contributed by atoms with Crippen LogP contribution < -0.4 is 20.1 Å². The van der Waals surface area contributed by atoms with E-state index in [1.165, 1.54) is 6.08 Å². The zero-order chi connectivity index (χ0) is 22.1. The highest BCUT2D eigenvalue weighted by atomic mass is 16.5. The Labute approximate surface area is 181 Å². The summed E-state index contributed by atoms with van der Waals surface area (Å²) in [6, 6.07) is 21.3. The van der Waals surface area contributed by atoms with Crippen molar-refractivity contribution in [2.24, 2.45) is 0 Å². The van der Waals surface area contributed by atoms with Crippen molar-refractivity contribution in [2.45, 2.75) is 6.92 Å². The zero-order valence-corrected chi connectivity index (χ0v) is 17.4. The quantitative estimate of drug-likeness (QED) is 0.507. The molecule has 3 aromatic rings. The standard InChI is InChI=1S/C25H24N2O4/c1-3-31-22-10-6-4-8-18(22)14-17-24(28)26-20-15-12-19(13-16-20)25(29)27-21-9-5-7-11-23(21)30-2/h4-17H,3H2,1-2H3,(H,26,28)(H,27,29)/b17-14+. The van der Waals surface area contributed by atoms with Crippen molar-refractivity contribution in [3.05, 3.63) is 90.0 Å². The maximum atomic E-state index is 12.5. The summed E-state index contributed by atoms with van der Waals surface area (Å²) in [7, 11) is 1.55. The van der Waals surface area contributed by atoms with E-state index in [4.69, 9.17) is 9.47 Å². The lowest BCUT2D eigenvalue weighted by Crippen LogP contribution is -2.13. The maximum Gasteiger partial charge on any atom is 0.255 e. The molecule has 31 heavy (non-hydrogen) atoms. The fraction of sp³-hybridized carbons (Fsp3) is 0.120. The van der Waals surface area contributed by atoms with Gasteiger partial charge in [0.25, 0.3) is 5.91 Å². The van der Waals surface area contributed by atoms with Crippen LogP contribution in [0.15, 0.2) is 78.9 Å². The molecule has 6 heteroatoms. The first-order valence-corrected chi connectivity index (χ1v) is 9.86. The number of rotatable bonds is 8. The van der Waals surface area contributed by atoms with Crippen molar-refractivity contribution in [2.75, 3.05) is 24.4 Å². The molecule has 0 spiro atoms. The Kier molecular flexibility index (Phi) is 7.43. The van der Waals surface area contributed by atoms with Crippen molar-refractivity contribution in [3.63, 3.8) is 0 Å². The lowest BCUT2D eigenvalue weighted by atomic mass is 10.1. The molecule has 3 aromatic carbocycles. The smallest absolute Gasteiger partial charge is 0.255 e. The third-order valence-corrected chi connectivity index (χ3v) is 4.40. The molecular weight excluding hydrogens is 392 g/mol. The number of carbonyl (C=O) groups excluding carboxylic acids is 2. The van der Waals surface area contributed by atoms with Gasteiger partial charge in [-0.2, -0.15) is 0 Å². The number of nitrogens with one attached hydrogen (secondary N) is 2. The van der Waals surface area contributed by atoms with Gasteiger partial charge in [-0.15, -0.1) is 0 Å². The summed E-state index contributed by atoms with van der Waals surface area (Å²) in [5.41, 5.74) is 2.46.